The quantitative estimate of drug-likeness (QED) is 0.209. The highest BCUT2D eigenvalue weighted by atomic mass is 32.2. The van der Waals surface area contributed by atoms with E-state index in [9.17, 15) is 22.8 Å². The molecule has 4 aromatic rings. The number of alkyl halides is 3. The van der Waals surface area contributed by atoms with Gasteiger partial charge in [-0.15, -0.1) is 23.4 Å². The van der Waals surface area contributed by atoms with Crippen molar-refractivity contribution in [3.05, 3.63) is 72.0 Å². The maximum Gasteiger partial charge on any atom is 0.573 e. The number of hydrogen-bond donors (Lipinski definition) is 1. The monoisotopic (exact) mass is 642 g/mol. The lowest BCUT2D eigenvalue weighted by atomic mass is 9.99. The Morgan fingerprint density at radius 3 is 2.33 bits per heavy atom. The molecule has 0 aliphatic carbocycles. The molecule has 0 radical (unpaired) electrons. The minimum Gasteiger partial charge on any atom is -0.416 e. The van der Waals surface area contributed by atoms with Crippen molar-refractivity contribution in [2.75, 3.05) is 35.0 Å². The molecule has 0 spiro atoms. The number of aliphatic imine (C=N–C) groups is 1. The zero-order valence-electron chi connectivity index (χ0n) is 24.3. The van der Waals surface area contributed by atoms with Crippen LogP contribution in [-0.2, 0) is 4.79 Å². The van der Waals surface area contributed by atoms with Crippen LogP contribution in [-0.4, -0.2) is 53.5 Å². The standard InChI is InChI=1S/C30H26F4N6O4S/c1-16(2)21-11-8-19(39(3)4)14-24(21)40-25(41)15-45-29(40)36-28(42)35-23-12-7-18(13-22(23)31)27-38-37-26(43-27)17-5-9-20(10-6-17)44-30(32,33)34/h5-14,16H,15H2,1-4H3,(H,35,42)/b36-29-. The first kappa shape index (κ1) is 31.5. The lowest BCUT2D eigenvalue weighted by Crippen LogP contribution is -2.31. The zero-order valence-corrected chi connectivity index (χ0v) is 25.2. The molecule has 15 heteroatoms. The fourth-order valence-electron chi connectivity index (χ4n) is 4.41. The summed E-state index contributed by atoms with van der Waals surface area (Å²) < 4.78 is 61.7. The topological polar surface area (TPSA) is 113 Å². The molecule has 1 N–H and O–H groups in total. The van der Waals surface area contributed by atoms with Crippen LogP contribution < -0.4 is 19.9 Å². The molecular weight excluding hydrogens is 616 g/mol. The Morgan fingerprint density at radius 1 is 1.04 bits per heavy atom. The van der Waals surface area contributed by atoms with Gasteiger partial charge in [-0.2, -0.15) is 4.99 Å². The van der Waals surface area contributed by atoms with Gasteiger partial charge in [0.15, 0.2) is 5.17 Å². The lowest BCUT2D eigenvalue weighted by molar-refractivity contribution is -0.274. The molecule has 2 heterocycles. The smallest absolute Gasteiger partial charge is 0.416 e. The molecule has 0 bridgehead atoms. The van der Waals surface area contributed by atoms with Crippen molar-refractivity contribution >= 4 is 45.9 Å². The molecule has 1 aliphatic heterocycles. The second-order valence-corrected chi connectivity index (χ2v) is 11.3. The average molecular weight is 643 g/mol. The summed E-state index contributed by atoms with van der Waals surface area (Å²) in [5, 5.41) is 10.3. The number of nitrogens with zero attached hydrogens (tertiary/aromatic N) is 5. The number of anilines is 3. The summed E-state index contributed by atoms with van der Waals surface area (Å²) in [5.74, 6) is -1.36. The molecule has 5 rings (SSSR count). The van der Waals surface area contributed by atoms with Crippen molar-refractivity contribution in [3.8, 4) is 28.7 Å². The maximum absolute atomic E-state index is 15.1. The number of benzene rings is 3. The van der Waals surface area contributed by atoms with E-state index in [-0.39, 0.29) is 45.8 Å². The molecule has 1 aliphatic rings. The lowest BCUT2D eigenvalue weighted by Gasteiger charge is -2.24. The van der Waals surface area contributed by atoms with Crippen LogP contribution in [0.3, 0.4) is 0 Å². The van der Waals surface area contributed by atoms with Crippen LogP contribution in [0.15, 0.2) is 70.1 Å². The van der Waals surface area contributed by atoms with Gasteiger partial charge in [0, 0.05) is 30.9 Å². The van der Waals surface area contributed by atoms with Gasteiger partial charge < -0.3 is 19.4 Å². The fourth-order valence-corrected chi connectivity index (χ4v) is 5.27. The average Bonchev–Trinajstić information content (AvgIpc) is 3.60. The number of aromatic nitrogens is 2. The summed E-state index contributed by atoms with van der Waals surface area (Å²) in [7, 11) is 3.76. The highest BCUT2D eigenvalue weighted by Gasteiger charge is 2.33. The van der Waals surface area contributed by atoms with E-state index in [2.05, 4.69) is 25.2 Å². The Kier molecular flexibility index (Phi) is 8.82. The van der Waals surface area contributed by atoms with Crippen molar-refractivity contribution in [1.29, 1.82) is 0 Å². The number of thioether (sulfide) groups is 1. The number of amidine groups is 1. The zero-order chi connectivity index (χ0) is 32.5. The third kappa shape index (κ3) is 7.25. The van der Waals surface area contributed by atoms with E-state index in [4.69, 9.17) is 4.42 Å². The van der Waals surface area contributed by atoms with Gasteiger partial charge >= 0.3 is 12.4 Å². The second-order valence-electron chi connectivity index (χ2n) is 10.3. The van der Waals surface area contributed by atoms with Crippen molar-refractivity contribution in [2.45, 2.75) is 26.1 Å². The van der Waals surface area contributed by atoms with Gasteiger partial charge in [0.1, 0.15) is 11.6 Å². The predicted octanol–water partition coefficient (Wildman–Crippen LogP) is 7.30. The van der Waals surface area contributed by atoms with Crippen LogP contribution in [0.4, 0.5) is 39.4 Å². The Morgan fingerprint density at radius 2 is 1.71 bits per heavy atom. The van der Waals surface area contributed by atoms with Gasteiger partial charge in [-0.25, -0.2) is 9.18 Å². The van der Waals surface area contributed by atoms with E-state index in [0.717, 1.165) is 41.2 Å². The number of nitrogens with one attached hydrogen (secondary N) is 1. The summed E-state index contributed by atoms with van der Waals surface area (Å²) >= 11 is 1.11. The first-order valence-corrected chi connectivity index (χ1v) is 14.4. The van der Waals surface area contributed by atoms with Gasteiger partial charge in [0.25, 0.3) is 0 Å². The molecule has 0 atom stereocenters. The van der Waals surface area contributed by atoms with Crippen LogP contribution >= 0.6 is 11.8 Å². The molecular formula is C30H26F4N6O4S. The first-order valence-electron chi connectivity index (χ1n) is 13.5. The molecule has 0 unspecified atom stereocenters. The Hall–Kier alpha value is -4.92. The van der Waals surface area contributed by atoms with Crippen LogP contribution in [0, 0.1) is 5.82 Å². The Labute approximate surface area is 259 Å². The highest BCUT2D eigenvalue weighted by Crippen LogP contribution is 2.36. The Balaban J connectivity index is 1.32. The first-order chi connectivity index (χ1) is 21.3. The van der Waals surface area contributed by atoms with Gasteiger partial charge in [-0.1, -0.05) is 31.7 Å². The van der Waals surface area contributed by atoms with E-state index >= 15 is 4.39 Å². The van der Waals surface area contributed by atoms with E-state index in [1.807, 2.05) is 51.0 Å². The molecule has 45 heavy (non-hydrogen) atoms. The number of carbonyl (C=O) groups excluding carboxylic acids is 2. The minimum atomic E-state index is -4.83. The molecule has 3 amide bonds. The predicted molar refractivity (Wildman–Crippen MR) is 163 cm³/mol. The highest BCUT2D eigenvalue weighted by molar-refractivity contribution is 8.15. The number of ether oxygens (including phenoxy) is 1. The van der Waals surface area contributed by atoms with Crippen LogP contribution in [0.5, 0.6) is 5.75 Å². The van der Waals surface area contributed by atoms with Gasteiger partial charge in [-0.05, 0) is 66.1 Å². The van der Waals surface area contributed by atoms with Gasteiger partial charge in [0.2, 0.25) is 17.7 Å². The van der Waals surface area contributed by atoms with Gasteiger partial charge in [0.05, 0.1) is 17.1 Å². The van der Waals surface area contributed by atoms with Gasteiger partial charge in [-0.3, -0.25) is 9.69 Å². The number of halogens is 4. The Bertz CT molecular complexity index is 1770. The van der Waals surface area contributed by atoms with Crippen molar-refractivity contribution in [3.63, 3.8) is 0 Å². The normalized spacial score (nSPS) is 14.4. The summed E-state index contributed by atoms with van der Waals surface area (Å²) in [6.07, 6.45) is -4.83. The van der Waals surface area contributed by atoms with E-state index < -0.39 is 24.0 Å². The second kappa shape index (κ2) is 12.6. The third-order valence-electron chi connectivity index (χ3n) is 6.57. The van der Waals surface area contributed by atoms with Crippen molar-refractivity contribution in [2.24, 2.45) is 4.99 Å². The maximum atomic E-state index is 15.1. The van der Waals surface area contributed by atoms with E-state index in [1.54, 1.807) is 0 Å². The van der Waals surface area contributed by atoms with Crippen molar-refractivity contribution < 1.29 is 36.3 Å². The molecule has 10 nitrogen and oxygen atoms in total. The number of hydrogen-bond acceptors (Lipinski definition) is 8. The van der Waals surface area contributed by atoms with Crippen LogP contribution in [0.1, 0.15) is 25.3 Å². The summed E-state index contributed by atoms with van der Waals surface area (Å²) in [5.41, 5.74) is 2.73. The third-order valence-corrected chi connectivity index (χ3v) is 7.50. The summed E-state index contributed by atoms with van der Waals surface area (Å²) in [6, 6.07) is 13.5. The SMILES string of the molecule is CC(C)c1ccc(N(C)C)cc1N1C(=O)CS/C1=N\C(=O)Nc1ccc(-c2nnc(-c3ccc(OC(F)(F)F)cc3)o2)cc1F. The summed E-state index contributed by atoms with van der Waals surface area (Å²) in [6.45, 7) is 4.00. The van der Waals surface area contributed by atoms with Crippen LogP contribution in [0.2, 0.25) is 0 Å². The number of carbonyl (C=O) groups is 2. The minimum absolute atomic E-state index is 0.0120. The van der Waals surface area contributed by atoms with Crippen LogP contribution in [0.25, 0.3) is 22.9 Å². The molecule has 234 valence electrons. The molecule has 1 fully saturated rings. The molecule has 0 saturated carbocycles. The number of urea groups is 1. The number of amides is 3. The summed E-state index contributed by atoms with van der Waals surface area (Å²) in [4.78, 5) is 33.2. The largest absolute Gasteiger partial charge is 0.573 e. The fraction of sp³-hybridized carbons (Fsp3) is 0.233. The van der Waals surface area contributed by atoms with Crippen molar-refractivity contribution in [1.82, 2.24) is 10.2 Å². The van der Waals surface area contributed by atoms with E-state index in [1.165, 1.54) is 29.2 Å². The molecule has 1 saturated heterocycles. The van der Waals surface area contributed by atoms with E-state index in [0.29, 0.717) is 11.3 Å². The molecule has 1 aromatic heterocycles. The molecule has 3 aromatic carbocycles. The number of rotatable bonds is 7.